The second kappa shape index (κ2) is 9.98. The molecule has 160 valence electrons. The minimum absolute atomic E-state index is 0.0104. The van der Waals surface area contributed by atoms with Crippen molar-refractivity contribution in [3.63, 3.8) is 0 Å². The number of piperazine rings is 1. The molecule has 2 aromatic rings. The fraction of sp³-hybridized carbons (Fsp3) is 0.364. The maximum absolute atomic E-state index is 12.5. The van der Waals surface area contributed by atoms with E-state index in [0.717, 1.165) is 31.9 Å². The molecule has 1 aliphatic rings. The number of ether oxygens (including phenoxy) is 1. The average Bonchev–Trinajstić information content (AvgIpc) is 2.75. The molecular formula is C22H28N4O4. The summed E-state index contributed by atoms with van der Waals surface area (Å²) < 4.78 is 5.15. The van der Waals surface area contributed by atoms with Crippen LogP contribution in [0.3, 0.4) is 0 Å². The van der Waals surface area contributed by atoms with E-state index in [2.05, 4.69) is 15.1 Å². The Hall–Kier alpha value is -3.26. The van der Waals surface area contributed by atoms with Gasteiger partial charge in [0.2, 0.25) is 11.8 Å². The number of benzene rings is 2. The number of carbonyl (C=O) groups is 2. The Kier molecular flexibility index (Phi) is 7.13. The van der Waals surface area contributed by atoms with Crippen LogP contribution in [0, 0.1) is 0 Å². The molecule has 2 amide bonds. The summed E-state index contributed by atoms with van der Waals surface area (Å²) >= 11 is 0. The molecule has 8 nitrogen and oxygen atoms in total. The van der Waals surface area contributed by atoms with E-state index in [1.165, 1.54) is 4.90 Å². The fourth-order valence-corrected chi connectivity index (χ4v) is 3.34. The summed E-state index contributed by atoms with van der Waals surface area (Å²) in [6.07, 6.45) is 0. The number of rotatable bonds is 7. The van der Waals surface area contributed by atoms with Crippen LogP contribution >= 0.6 is 0 Å². The highest BCUT2D eigenvalue weighted by atomic mass is 16.5. The Morgan fingerprint density at radius 2 is 1.80 bits per heavy atom. The predicted octanol–water partition coefficient (Wildman–Crippen LogP) is 1.62. The van der Waals surface area contributed by atoms with Crippen LogP contribution in [0.5, 0.6) is 11.5 Å². The summed E-state index contributed by atoms with van der Waals surface area (Å²) in [5.74, 6) is 0.565. The first-order chi connectivity index (χ1) is 14.4. The van der Waals surface area contributed by atoms with Gasteiger partial charge in [-0.3, -0.25) is 14.5 Å². The number of nitrogens with one attached hydrogen (secondary N) is 1. The molecule has 0 unspecified atom stereocenters. The third-order valence-electron chi connectivity index (χ3n) is 5.11. The monoisotopic (exact) mass is 412 g/mol. The van der Waals surface area contributed by atoms with E-state index in [1.54, 1.807) is 50.6 Å². The molecule has 1 heterocycles. The highest BCUT2D eigenvalue weighted by Gasteiger charge is 2.21. The van der Waals surface area contributed by atoms with Gasteiger partial charge in [-0.1, -0.05) is 6.07 Å². The molecule has 1 fully saturated rings. The summed E-state index contributed by atoms with van der Waals surface area (Å²) in [6.45, 7) is 3.40. The van der Waals surface area contributed by atoms with E-state index in [1.807, 2.05) is 12.1 Å². The lowest BCUT2D eigenvalue weighted by Crippen LogP contribution is -2.50. The molecule has 1 aliphatic heterocycles. The van der Waals surface area contributed by atoms with Gasteiger partial charge < -0.3 is 25.0 Å². The van der Waals surface area contributed by atoms with Crippen LogP contribution < -0.4 is 15.0 Å². The van der Waals surface area contributed by atoms with Crippen LogP contribution in [-0.4, -0.2) is 80.1 Å². The van der Waals surface area contributed by atoms with Gasteiger partial charge in [0.25, 0.3) is 0 Å². The zero-order chi connectivity index (χ0) is 21.5. The second-order valence-electron chi connectivity index (χ2n) is 7.31. The van der Waals surface area contributed by atoms with Crippen molar-refractivity contribution >= 4 is 23.2 Å². The number of methoxy groups -OCH3 is 1. The van der Waals surface area contributed by atoms with Crippen LogP contribution in [0.4, 0.5) is 11.4 Å². The Bertz CT molecular complexity index is 864. The second-order valence-corrected chi connectivity index (χ2v) is 7.31. The zero-order valence-electron chi connectivity index (χ0n) is 17.4. The molecule has 3 rings (SSSR count). The van der Waals surface area contributed by atoms with Crippen molar-refractivity contribution < 1.29 is 19.4 Å². The van der Waals surface area contributed by atoms with Crippen molar-refractivity contribution in [3.8, 4) is 11.5 Å². The summed E-state index contributed by atoms with van der Waals surface area (Å²) in [5, 5.41) is 12.2. The van der Waals surface area contributed by atoms with Gasteiger partial charge in [-0.15, -0.1) is 0 Å². The van der Waals surface area contributed by atoms with Crippen LogP contribution in [0.25, 0.3) is 0 Å². The number of aromatic hydroxyl groups is 1. The van der Waals surface area contributed by atoms with Gasteiger partial charge in [0.1, 0.15) is 11.5 Å². The zero-order valence-corrected chi connectivity index (χ0v) is 17.4. The van der Waals surface area contributed by atoms with E-state index < -0.39 is 0 Å². The average molecular weight is 412 g/mol. The SMILES string of the molecule is COc1cccc(NC(=O)CN(C)C(=O)CN2CCN(c3ccc(O)cc3)CC2)c1. The van der Waals surface area contributed by atoms with Crippen LogP contribution in [0.15, 0.2) is 48.5 Å². The van der Waals surface area contributed by atoms with E-state index >= 15 is 0 Å². The quantitative estimate of drug-likeness (QED) is 0.719. The number of carbonyl (C=O) groups excluding carboxylic acids is 2. The molecule has 2 N–H and O–H groups in total. The van der Waals surface area contributed by atoms with Gasteiger partial charge in [0, 0.05) is 50.7 Å². The number of nitrogens with zero attached hydrogens (tertiary/aromatic N) is 3. The molecule has 0 aliphatic carbocycles. The molecule has 1 saturated heterocycles. The first-order valence-corrected chi connectivity index (χ1v) is 9.89. The van der Waals surface area contributed by atoms with E-state index in [4.69, 9.17) is 4.74 Å². The van der Waals surface area contributed by atoms with Crippen LogP contribution in [0.1, 0.15) is 0 Å². The Balaban J connectivity index is 1.43. The Labute approximate surface area is 176 Å². The van der Waals surface area contributed by atoms with Gasteiger partial charge in [0.15, 0.2) is 0 Å². The first-order valence-electron chi connectivity index (χ1n) is 9.89. The highest BCUT2D eigenvalue weighted by Crippen LogP contribution is 2.20. The lowest BCUT2D eigenvalue weighted by atomic mass is 10.2. The molecular weight excluding hydrogens is 384 g/mol. The third kappa shape index (κ3) is 5.87. The lowest BCUT2D eigenvalue weighted by molar-refractivity contribution is -0.134. The first kappa shape index (κ1) is 21.4. The minimum Gasteiger partial charge on any atom is -0.508 e. The van der Waals surface area contributed by atoms with Crippen molar-refractivity contribution in [1.29, 1.82) is 0 Å². The molecule has 0 aromatic heterocycles. The maximum Gasteiger partial charge on any atom is 0.243 e. The van der Waals surface area contributed by atoms with Gasteiger partial charge in [-0.2, -0.15) is 0 Å². The smallest absolute Gasteiger partial charge is 0.243 e. The highest BCUT2D eigenvalue weighted by molar-refractivity contribution is 5.94. The fourth-order valence-electron chi connectivity index (χ4n) is 3.34. The Morgan fingerprint density at radius 3 is 2.47 bits per heavy atom. The lowest BCUT2D eigenvalue weighted by Gasteiger charge is -2.36. The summed E-state index contributed by atoms with van der Waals surface area (Å²) in [7, 11) is 3.21. The predicted molar refractivity (Wildman–Crippen MR) is 116 cm³/mol. The standard InChI is InChI=1S/C22H28N4O4/c1-24(15-21(28)23-17-4-3-5-20(14-17)30-2)22(29)16-25-10-12-26(13-11-25)18-6-8-19(27)9-7-18/h3-9,14,27H,10-13,15-16H2,1-2H3,(H,23,28). The number of amides is 2. The van der Waals surface area contributed by atoms with Crippen molar-refractivity contribution in [1.82, 2.24) is 9.80 Å². The molecule has 0 atom stereocenters. The molecule has 0 radical (unpaired) electrons. The van der Waals surface area contributed by atoms with Crippen LogP contribution in [-0.2, 0) is 9.59 Å². The number of hydrogen-bond acceptors (Lipinski definition) is 6. The van der Waals surface area contributed by atoms with E-state index in [-0.39, 0.29) is 30.7 Å². The number of likely N-dealkylation sites (N-methyl/N-ethyl adjacent to an activating group) is 1. The van der Waals surface area contributed by atoms with Crippen molar-refractivity contribution in [3.05, 3.63) is 48.5 Å². The molecule has 30 heavy (non-hydrogen) atoms. The van der Waals surface area contributed by atoms with E-state index in [0.29, 0.717) is 11.4 Å². The molecule has 2 aromatic carbocycles. The minimum atomic E-state index is -0.253. The molecule has 8 heteroatoms. The van der Waals surface area contributed by atoms with Crippen molar-refractivity contribution in [2.24, 2.45) is 0 Å². The van der Waals surface area contributed by atoms with E-state index in [9.17, 15) is 14.7 Å². The van der Waals surface area contributed by atoms with Crippen molar-refractivity contribution in [2.75, 3.05) is 63.6 Å². The molecule has 0 saturated carbocycles. The maximum atomic E-state index is 12.5. The van der Waals surface area contributed by atoms with Gasteiger partial charge in [0.05, 0.1) is 20.2 Å². The largest absolute Gasteiger partial charge is 0.508 e. The summed E-state index contributed by atoms with van der Waals surface area (Å²) in [4.78, 5) is 30.6. The number of phenolic OH excluding ortho intramolecular Hbond substituents is 1. The van der Waals surface area contributed by atoms with Crippen LogP contribution in [0.2, 0.25) is 0 Å². The Morgan fingerprint density at radius 1 is 1.10 bits per heavy atom. The van der Waals surface area contributed by atoms with Gasteiger partial charge in [-0.05, 0) is 36.4 Å². The number of hydrogen-bond donors (Lipinski definition) is 2. The van der Waals surface area contributed by atoms with Gasteiger partial charge >= 0.3 is 0 Å². The summed E-state index contributed by atoms with van der Waals surface area (Å²) in [5.41, 5.74) is 1.69. The van der Waals surface area contributed by atoms with Crippen molar-refractivity contribution in [2.45, 2.75) is 0 Å². The summed E-state index contributed by atoms with van der Waals surface area (Å²) in [6, 6.07) is 14.2. The molecule has 0 bridgehead atoms. The normalized spacial score (nSPS) is 14.3. The third-order valence-corrected chi connectivity index (χ3v) is 5.11. The number of phenols is 1. The molecule has 0 spiro atoms. The van der Waals surface area contributed by atoms with Gasteiger partial charge in [-0.25, -0.2) is 0 Å². The number of anilines is 2. The topological polar surface area (TPSA) is 85.4 Å².